The highest BCUT2D eigenvalue weighted by Gasteiger charge is 2.30. The van der Waals surface area contributed by atoms with Crippen LogP contribution < -0.4 is 5.32 Å². The Morgan fingerprint density at radius 1 is 1.41 bits per heavy atom. The molecular weight excluding hydrogens is 356 g/mol. The SMILES string of the molecule is COC(=O)c1cc(NC(=O)N2CCC(C(=O)O)C2)ccc1Br. The number of halogens is 1. The van der Waals surface area contributed by atoms with Crippen LogP contribution in [0.3, 0.4) is 0 Å². The Bertz CT molecular complexity index is 619. The third-order valence-corrected chi connectivity index (χ3v) is 4.14. The first-order valence-electron chi connectivity index (χ1n) is 6.59. The molecule has 1 aromatic carbocycles. The van der Waals surface area contributed by atoms with Crippen LogP contribution in [0.1, 0.15) is 16.8 Å². The van der Waals surface area contributed by atoms with Crippen molar-refractivity contribution in [2.24, 2.45) is 5.92 Å². The van der Waals surface area contributed by atoms with Crippen molar-refractivity contribution >= 4 is 39.6 Å². The first kappa shape index (κ1) is 16.3. The van der Waals surface area contributed by atoms with Crippen LogP contribution in [0.25, 0.3) is 0 Å². The number of carboxylic acids is 1. The number of carbonyl (C=O) groups excluding carboxylic acids is 2. The molecule has 1 aliphatic heterocycles. The molecular formula is C14H15BrN2O5. The zero-order valence-electron chi connectivity index (χ0n) is 11.8. The fourth-order valence-corrected chi connectivity index (χ4v) is 2.63. The lowest BCUT2D eigenvalue weighted by Gasteiger charge is -2.17. The van der Waals surface area contributed by atoms with Crippen LogP contribution in [0.2, 0.25) is 0 Å². The van der Waals surface area contributed by atoms with Crippen molar-refractivity contribution in [2.45, 2.75) is 6.42 Å². The molecule has 1 aliphatic rings. The maximum atomic E-state index is 12.1. The number of methoxy groups -OCH3 is 1. The summed E-state index contributed by atoms with van der Waals surface area (Å²) in [5.41, 5.74) is 0.734. The highest BCUT2D eigenvalue weighted by atomic mass is 79.9. The number of ether oxygens (including phenoxy) is 1. The number of hydrogen-bond acceptors (Lipinski definition) is 4. The van der Waals surface area contributed by atoms with Crippen molar-refractivity contribution in [1.82, 2.24) is 4.90 Å². The van der Waals surface area contributed by atoms with Gasteiger partial charge < -0.3 is 20.1 Å². The summed E-state index contributed by atoms with van der Waals surface area (Å²) in [7, 11) is 1.27. The minimum absolute atomic E-state index is 0.182. The molecule has 1 aromatic rings. The van der Waals surface area contributed by atoms with Gasteiger partial charge in [-0.15, -0.1) is 0 Å². The van der Waals surface area contributed by atoms with Gasteiger partial charge in [-0.3, -0.25) is 4.79 Å². The molecule has 2 N–H and O–H groups in total. The van der Waals surface area contributed by atoms with Gasteiger partial charge in [-0.25, -0.2) is 9.59 Å². The average Bonchev–Trinajstić information content (AvgIpc) is 2.98. The lowest BCUT2D eigenvalue weighted by Crippen LogP contribution is -2.33. The molecule has 0 aliphatic carbocycles. The molecule has 1 unspecified atom stereocenters. The lowest BCUT2D eigenvalue weighted by atomic mass is 10.1. The van der Waals surface area contributed by atoms with Crippen LogP contribution in [0, 0.1) is 5.92 Å². The van der Waals surface area contributed by atoms with Crippen LogP contribution in [0.4, 0.5) is 10.5 Å². The molecule has 22 heavy (non-hydrogen) atoms. The number of benzene rings is 1. The highest BCUT2D eigenvalue weighted by molar-refractivity contribution is 9.10. The van der Waals surface area contributed by atoms with E-state index in [0.29, 0.717) is 28.7 Å². The number of amides is 2. The quantitative estimate of drug-likeness (QED) is 0.794. The minimum atomic E-state index is -0.896. The second-order valence-corrected chi connectivity index (χ2v) is 5.74. The first-order valence-corrected chi connectivity index (χ1v) is 7.38. The Morgan fingerprint density at radius 3 is 2.73 bits per heavy atom. The van der Waals surface area contributed by atoms with E-state index in [0.717, 1.165) is 0 Å². The van der Waals surface area contributed by atoms with E-state index in [4.69, 9.17) is 5.11 Å². The van der Waals surface area contributed by atoms with E-state index >= 15 is 0 Å². The normalized spacial score (nSPS) is 17.2. The second-order valence-electron chi connectivity index (χ2n) is 4.89. The smallest absolute Gasteiger partial charge is 0.339 e. The number of anilines is 1. The van der Waals surface area contributed by atoms with Crippen LogP contribution in [-0.4, -0.2) is 48.2 Å². The summed E-state index contributed by atoms with van der Waals surface area (Å²) in [5, 5.41) is 11.6. The molecule has 1 saturated heterocycles. The fourth-order valence-electron chi connectivity index (χ4n) is 2.22. The third kappa shape index (κ3) is 3.56. The van der Waals surface area contributed by atoms with Gasteiger partial charge in [-0.05, 0) is 40.5 Å². The molecule has 7 nitrogen and oxygen atoms in total. The summed E-state index contributed by atoms with van der Waals surface area (Å²) in [5.74, 6) is -1.94. The van der Waals surface area contributed by atoms with Gasteiger partial charge >= 0.3 is 18.0 Å². The molecule has 1 atom stereocenters. The highest BCUT2D eigenvalue weighted by Crippen LogP contribution is 2.23. The second kappa shape index (κ2) is 6.78. The van der Waals surface area contributed by atoms with Gasteiger partial charge in [0.15, 0.2) is 0 Å². The summed E-state index contributed by atoms with van der Waals surface area (Å²) in [6, 6.07) is 4.38. The first-order chi connectivity index (χ1) is 10.4. The maximum absolute atomic E-state index is 12.1. The molecule has 0 radical (unpaired) electrons. The largest absolute Gasteiger partial charge is 0.481 e. The molecule has 2 rings (SSSR count). The van der Waals surface area contributed by atoms with Crippen molar-refractivity contribution in [3.8, 4) is 0 Å². The molecule has 1 heterocycles. The maximum Gasteiger partial charge on any atom is 0.339 e. The van der Waals surface area contributed by atoms with Gasteiger partial charge in [0.1, 0.15) is 0 Å². The average molecular weight is 371 g/mol. The Balaban J connectivity index is 2.06. The lowest BCUT2D eigenvalue weighted by molar-refractivity contribution is -0.141. The molecule has 118 valence electrons. The Morgan fingerprint density at radius 2 is 2.14 bits per heavy atom. The molecule has 8 heteroatoms. The Hall–Kier alpha value is -2.09. The summed E-state index contributed by atoms with van der Waals surface area (Å²) in [6.07, 6.45) is 0.441. The predicted octanol–water partition coefficient (Wildman–Crippen LogP) is 2.17. The number of aliphatic carboxylic acids is 1. The topological polar surface area (TPSA) is 95.9 Å². The van der Waals surface area contributed by atoms with E-state index in [1.807, 2.05) is 0 Å². The number of carboxylic acid groups (broad SMARTS) is 1. The molecule has 1 fully saturated rings. The Labute approximate surface area is 135 Å². The molecule has 2 amide bonds. The number of rotatable bonds is 3. The molecule has 0 aromatic heterocycles. The molecule has 0 saturated carbocycles. The standard InChI is InChI=1S/C14H15BrN2O5/c1-22-13(20)10-6-9(2-3-11(10)15)16-14(21)17-5-4-8(7-17)12(18)19/h2-3,6,8H,4-5,7H2,1H3,(H,16,21)(H,18,19). The number of carbonyl (C=O) groups is 3. The summed E-state index contributed by atoms with van der Waals surface area (Å²) < 4.78 is 5.22. The van der Waals surface area contributed by atoms with Gasteiger partial charge in [0.25, 0.3) is 0 Å². The zero-order chi connectivity index (χ0) is 16.3. The van der Waals surface area contributed by atoms with E-state index in [1.165, 1.54) is 18.1 Å². The van der Waals surface area contributed by atoms with E-state index in [2.05, 4.69) is 26.0 Å². The number of likely N-dealkylation sites (tertiary alicyclic amines) is 1. The monoisotopic (exact) mass is 370 g/mol. The number of nitrogens with one attached hydrogen (secondary N) is 1. The van der Waals surface area contributed by atoms with Gasteiger partial charge in [0.05, 0.1) is 18.6 Å². The van der Waals surface area contributed by atoms with E-state index in [9.17, 15) is 14.4 Å². The molecule has 0 bridgehead atoms. The van der Waals surface area contributed by atoms with Crippen molar-refractivity contribution < 1.29 is 24.2 Å². The number of urea groups is 1. The summed E-state index contributed by atoms with van der Waals surface area (Å²) in [4.78, 5) is 36.1. The summed E-state index contributed by atoms with van der Waals surface area (Å²) in [6.45, 7) is 0.574. The van der Waals surface area contributed by atoms with Gasteiger partial charge in [0.2, 0.25) is 0 Å². The van der Waals surface area contributed by atoms with Crippen LogP contribution in [0.15, 0.2) is 22.7 Å². The number of esters is 1. The number of nitrogens with zero attached hydrogens (tertiary/aromatic N) is 1. The molecule has 0 spiro atoms. The third-order valence-electron chi connectivity index (χ3n) is 3.45. The van der Waals surface area contributed by atoms with Crippen LogP contribution in [0.5, 0.6) is 0 Å². The van der Waals surface area contributed by atoms with Gasteiger partial charge in [-0.2, -0.15) is 0 Å². The van der Waals surface area contributed by atoms with Crippen molar-refractivity contribution in [2.75, 3.05) is 25.5 Å². The van der Waals surface area contributed by atoms with Crippen LogP contribution >= 0.6 is 15.9 Å². The van der Waals surface area contributed by atoms with E-state index in [-0.39, 0.29) is 12.6 Å². The van der Waals surface area contributed by atoms with Gasteiger partial charge in [0, 0.05) is 23.2 Å². The Kier molecular flexibility index (Phi) is 5.02. The van der Waals surface area contributed by atoms with Crippen LogP contribution in [-0.2, 0) is 9.53 Å². The van der Waals surface area contributed by atoms with Gasteiger partial charge in [-0.1, -0.05) is 0 Å². The zero-order valence-corrected chi connectivity index (χ0v) is 13.4. The van der Waals surface area contributed by atoms with Crippen molar-refractivity contribution in [3.63, 3.8) is 0 Å². The van der Waals surface area contributed by atoms with Crippen molar-refractivity contribution in [1.29, 1.82) is 0 Å². The number of hydrogen-bond donors (Lipinski definition) is 2. The minimum Gasteiger partial charge on any atom is -0.481 e. The fraction of sp³-hybridized carbons (Fsp3) is 0.357. The van der Waals surface area contributed by atoms with E-state index in [1.54, 1.807) is 12.1 Å². The van der Waals surface area contributed by atoms with Crippen molar-refractivity contribution in [3.05, 3.63) is 28.2 Å². The predicted molar refractivity (Wildman–Crippen MR) is 81.8 cm³/mol. The van der Waals surface area contributed by atoms with E-state index < -0.39 is 17.9 Å². The summed E-state index contributed by atoms with van der Waals surface area (Å²) >= 11 is 3.24.